The molecule has 0 amide bonds. The van der Waals surface area contributed by atoms with Gasteiger partial charge in [0.05, 0.1) is 0 Å². The summed E-state index contributed by atoms with van der Waals surface area (Å²) in [7, 11) is 0. The van der Waals surface area contributed by atoms with Gasteiger partial charge in [0.25, 0.3) is 0 Å². The van der Waals surface area contributed by atoms with E-state index in [0.29, 0.717) is 12.0 Å². The molecule has 1 atom stereocenters. The summed E-state index contributed by atoms with van der Waals surface area (Å²) in [6.45, 7) is 0. The maximum absolute atomic E-state index is 10.8. The number of carboxylic acids is 1. The largest absolute Gasteiger partial charge is 0.479 e. The van der Waals surface area contributed by atoms with Crippen LogP contribution < -0.4 is 0 Å². The Balaban J connectivity index is 2.55. The van der Waals surface area contributed by atoms with Crippen LogP contribution in [0.3, 0.4) is 0 Å². The zero-order valence-corrected chi connectivity index (χ0v) is 7.03. The third-order valence-electron chi connectivity index (χ3n) is 2.57. The number of aliphatic hydroxyl groups is 1. The average molecular weight is 178 g/mol. The quantitative estimate of drug-likeness (QED) is 0.671. The van der Waals surface area contributed by atoms with E-state index in [1.807, 2.05) is 12.1 Å². The molecule has 0 aliphatic heterocycles. The second kappa shape index (κ2) is 2.57. The Bertz CT molecular complexity index is 359. The standard InChI is InChI=1S/C10H10O3/c11-9(12)10(13)6-5-7-3-1-2-4-8(7)10/h1-4,13H,5-6H2,(H,11,12). The van der Waals surface area contributed by atoms with E-state index in [1.165, 1.54) is 0 Å². The van der Waals surface area contributed by atoms with Crippen molar-refractivity contribution in [3.8, 4) is 0 Å². The lowest BCUT2D eigenvalue weighted by atomic mass is 9.96. The zero-order valence-electron chi connectivity index (χ0n) is 7.03. The SMILES string of the molecule is O=C(O)C1(O)CCc2ccccc21. The highest BCUT2D eigenvalue weighted by Gasteiger charge is 2.43. The molecule has 0 radical (unpaired) electrons. The van der Waals surface area contributed by atoms with Crippen LogP contribution in [-0.4, -0.2) is 16.2 Å². The third kappa shape index (κ3) is 1.04. The summed E-state index contributed by atoms with van der Waals surface area (Å²) in [4.78, 5) is 10.8. The van der Waals surface area contributed by atoms with Gasteiger partial charge in [-0.05, 0) is 24.0 Å². The van der Waals surface area contributed by atoms with Crippen LogP contribution in [0.15, 0.2) is 24.3 Å². The lowest BCUT2D eigenvalue weighted by molar-refractivity contribution is -0.159. The van der Waals surface area contributed by atoms with Crippen LogP contribution in [0, 0.1) is 0 Å². The molecular formula is C10H10O3. The predicted octanol–water partition coefficient (Wildman–Crippen LogP) is 0.905. The Kier molecular flexibility index (Phi) is 1.63. The highest BCUT2D eigenvalue weighted by atomic mass is 16.4. The van der Waals surface area contributed by atoms with Gasteiger partial charge < -0.3 is 10.2 Å². The summed E-state index contributed by atoms with van der Waals surface area (Å²) in [6, 6.07) is 7.14. The molecule has 0 spiro atoms. The third-order valence-corrected chi connectivity index (χ3v) is 2.57. The summed E-state index contributed by atoms with van der Waals surface area (Å²) in [5, 5.41) is 18.7. The first-order valence-electron chi connectivity index (χ1n) is 4.19. The second-order valence-corrected chi connectivity index (χ2v) is 3.32. The first-order chi connectivity index (χ1) is 6.14. The van der Waals surface area contributed by atoms with Crippen LogP contribution in [0.4, 0.5) is 0 Å². The fraction of sp³-hybridized carbons (Fsp3) is 0.300. The molecule has 1 aliphatic carbocycles. The van der Waals surface area contributed by atoms with E-state index in [4.69, 9.17) is 5.11 Å². The summed E-state index contributed by atoms with van der Waals surface area (Å²) < 4.78 is 0. The second-order valence-electron chi connectivity index (χ2n) is 3.32. The van der Waals surface area contributed by atoms with Crippen molar-refractivity contribution in [1.29, 1.82) is 0 Å². The van der Waals surface area contributed by atoms with Crippen molar-refractivity contribution >= 4 is 5.97 Å². The van der Waals surface area contributed by atoms with E-state index in [9.17, 15) is 9.90 Å². The van der Waals surface area contributed by atoms with Crippen molar-refractivity contribution in [2.24, 2.45) is 0 Å². The number of fused-ring (bicyclic) bond motifs is 1. The molecule has 1 unspecified atom stereocenters. The maximum atomic E-state index is 10.8. The molecule has 1 aromatic carbocycles. The topological polar surface area (TPSA) is 57.5 Å². The molecule has 1 aliphatic rings. The Morgan fingerprint density at radius 2 is 2.08 bits per heavy atom. The van der Waals surface area contributed by atoms with E-state index < -0.39 is 11.6 Å². The van der Waals surface area contributed by atoms with Gasteiger partial charge in [0, 0.05) is 0 Å². The number of aryl methyl sites for hydroxylation is 1. The molecule has 2 rings (SSSR count). The maximum Gasteiger partial charge on any atom is 0.340 e. The van der Waals surface area contributed by atoms with Crippen molar-refractivity contribution < 1.29 is 15.0 Å². The van der Waals surface area contributed by atoms with Crippen LogP contribution in [0.5, 0.6) is 0 Å². The molecule has 1 aromatic rings. The van der Waals surface area contributed by atoms with Gasteiger partial charge in [-0.15, -0.1) is 0 Å². The molecule has 0 aromatic heterocycles. The van der Waals surface area contributed by atoms with E-state index in [2.05, 4.69) is 0 Å². The molecule has 2 N–H and O–H groups in total. The van der Waals surface area contributed by atoms with Crippen LogP contribution in [0.1, 0.15) is 17.5 Å². The molecule has 0 heterocycles. The predicted molar refractivity (Wildman–Crippen MR) is 46.3 cm³/mol. The van der Waals surface area contributed by atoms with Crippen molar-refractivity contribution in [3.63, 3.8) is 0 Å². The van der Waals surface area contributed by atoms with Crippen molar-refractivity contribution in [2.45, 2.75) is 18.4 Å². The molecule has 0 saturated carbocycles. The summed E-state index contributed by atoms with van der Waals surface area (Å²) in [5.41, 5.74) is -0.175. The van der Waals surface area contributed by atoms with Crippen molar-refractivity contribution in [3.05, 3.63) is 35.4 Å². The minimum atomic E-state index is -1.66. The van der Waals surface area contributed by atoms with Gasteiger partial charge in [-0.1, -0.05) is 24.3 Å². The number of benzene rings is 1. The fourth-order valence-electron chi connectivity index (χ4n) is 1.81. The summed E-state index contributed by atoms with van der Waals surface area (Å²) in [5.74, 6) is -1.16. The van der Waals surface area contributed by atoms with Crippen LogP contribution >= 0.6 is 0 Å². The van der Waals surface area contributed by atoms with E-state index in [0.717, 1.165) is 5.56 Å². The molecule has 68 valence electrons. The Labute approximate surface area is 75.6 Å². The molecule has 13 heavy (non-hydrogen) atoms. The number of carboxylic acid groups (broad SMARTS) is 1. The van der Waals surface area contributed by atoms with Gasteiger partial charge in [0.2, 0.25) is 0 Å². The first-order valence-corrected chi connectivity index (χ1v) is 4.19. The fourth-order valence-corrected chi connectivity index (χ4v) is 1.81. The van der Waals surface area contributed by atoms with Crippen LogP contribution in [0.25, 0.3) is 0 Å². The zero-order chi connectivity index (χ0) is 9.47. The van der Waals surface area contributed by atoms with E-state index in [-0.39, 0.29) is 6.42 Å². The van der Waals surface area contributed by atoms with Crippen molar-refractivity contribution in [1.82, 2.24) is 0 Å². The number of hydrogen-bond donors (Lipinski definition) is 2. The van der Waals surface area contributed by atoms with Gasteiger partial charge in [0.1, 0.15) is 0 Å². The van der Waals surface area contributed by atoms with Gasteiger partial charge in [0.15, 0.2) is 5.60 Å². The van der Waals surface area contributed by atoms with Crippen LogP contribution in [-0.2, 0) is 16.8 Å². The molecule has 0 fully saturated rings. The lowest BCUT2D eigenvalue weighted by Crippen LogP contribution is -2.32. The summed E-state index contributed by atoms with van der Waals surface area (Å²) in [6.07, 6.45) is 0.917. The number of hydrogen-bond acceptors (Lipinski definition) is 2. The van der Waals surface area contributed by atoms with Gasteiger partial charge >= 0.3 is 5.97 Å². The lowest BCUT2D eigenvalue weighted by Gasteiger charge is -2.17. The smallest absolute Gasteiger partial charge is 0.340 e. The molecule has 3 nitrogen and oxygen atoms in total. The number of aliphatic carboxylic acids is 1. The number of rotatable bonds is 1. The van der Waals surface area contributed by atoms with Gasteiger partial charge in [-0.2, -0.15) is 0 Å². The molecule has 0 saturated heterocycles. The number of carbonyl (C=O) groups is 1. The Hall–Kier alpha value is -1.35. The first kappa shape index (κ1) is 8.26. The van der Waals surface area contributed by atoms with E-state index >= 15 is 0 Å². The monoisotopic (exact) mass is 178 g/mol. The molecular weight excluding hydrogens is 168 g/mol. The minimum Gasteiger partial charge on any atom is -0.479 e. The van der Waals surface area contributed by atoms with Gasteiger partial charge in [-0.25, -0.2) is 4.79 Å². The highest BCUT2D eigenvalue weighted by molar-refractivity contribution is 5.80. The normalized spacial score (nSPS) is 25.6. The summed E-state index contributed by atoms with van der Waals surface area (Å²) >= 11 is 0. The van der Waals surface area contributed by atoms with Crippen LogP contribution in [0.2, 0.25) is 0 Å². The molecule has 3 heteroatoms. The Morgan fingerprint density at radius 1 is 1.38 bits per heavy atom. The van der Waals surface area contributed by atoms with E-state index in [1.54, 1.807) is 12.1 Å². The Morgan fingerprint density at radius 3 is 2.77 bits per heavy atom. The van der Waals surface area contributed by atoms with Crippen molar-refractivity contribution in [2.75, 3.05) is 0 Å². The van der Waals surface area contributed by atoms with Gasteiger partial charge in [-0.3, -0.25) is 0 Å². The molecule has 0 bridgehead atoms. The highest BCUT2D eigenvalue weighted by Crippen LogP contribution is 2.36. The average Bonchev–Trinajstić information content (AvgIpc) is 2.47. The minimum absolute atomic E-state index is 0.279.